The number of nitrogens with zero attached hydrogens (tertiary/aromatic N) is 1. The lowest BCUT2D eigenvalue weighted by molar-refractivity contribution is -0.124. The lowest BCUT2D eigenvalue weighted by Gasteiger charge is -2.16. The van der Waals surface area contributed by atoms with Crippen LogP contribution in [0.4, 0.5) is 5.69 Å². The first-order valence-corrected chi connectivity index (χ1v) is 12.3. The Morgan fingerprint density at radius 3 is 2.60 bits per heavy atom. The zero-order valence-corrected chi connectivity index (χ0v) is 18.5. The number of fused-ring (bicyclic) bond motifs is 1. The summed E-state index contributed by atoms with van der Waals surface area (Å²) < 4.78 is 30.0. The van der Waals surface area contributed by atoms with E-state index in [0.29, 0.717) is 36.5 Å². The van der Waals surface area contributed by atoms with Crippen molar-refractivity contribution in [3.63, 3.8) is 0 Å². The van der Waals surface area contributed by atoms with Crippen molar-refractivity contribution >= 4 is 39.3 Å². The van der Waals surface area contributed by atoms with Crippen LogP contribution >= 0.6 is 11.8 Å². The third kappa shape index (κ3) is 5.76. The number of ether oxygens (including phenoxy) is 1. The number of aryl methyl sites for hydroxylation is 1. The van der Waals surface area contributed by atoms with Crippen LogP contribution in [0.3, 0.4) is 0 Å². The quantitative estimate of drug-likeness (QED) is 0.379. The van der Waals surface area contributed by atoms with Crippen LogP contribution in [0.1, 0.15) is 21.5 Å². The van der Waals surface area contributed by atoms with Gasteiger partial charge in [-0.25, -0.2) is 13.2 Å². The molecule has 2 aromatic rings. The predicted molar refractivity (Wildman–Crippen MR) is 118 cm³/mol. The molecule has 2 aromatic carbocycles. The average molecular weight is 449 g/mol. The van der Waals surface area contributed by atoms with Crippen molar-refractivity contribution in [2.45, 2.75) is 18.2 Å². The lowest BCUT2D eigenvalue weighted by atomic mass is 10.1. The summed E-state index contributed by atoms with van der Waals surface area (Å²) in [6.45, 7) is 2.49. The normalized spacial score (nSPS) is 13.1. The molecule has 7 nitrogen and oxygen atoms in total. The highest BCUT2D eigenvalue weighted by atomic mass is 32.2. The maximum absolute atomic E-state index is 12.2. The van der Waals surface area contributed by atoms with E-state index in [4.69, 9.17) is 4.74 Å². The first-order chi connectivity index (χ1) is 14.2. The molecule has 1 aliphatic rings. The molecule has 1 aliphatic heterocycles. The first-order valence-electron chi connectivity index (χ1n) is 9.48. The maximum atomic E-state index is 12.2. The van der Waals surface area contributed by atoms with E-state index < -0.39 is 16.0 Å². The van der Waals surface area contributed by atoms with Crippen molar-refractivity contribution in [3.8, 4) is 0 Å². The Labute approximate surface area is 180 Å². The van der Waals surface area contributed by atoms with Gasteiger partial charge in [-0.3, -0.25) is 9.10 Å². The summed E-state index contributed by atoms with van der Waals surface area (Å²) in [4.78, 5) is 25.3. The molecule has 0 aliphatic carbocycles. The van der Waals surface area contributed by atoms with Crippen molar-refractivity contribution in [1.29, 1.82) is 0 Å². The molecule has 0 fully saturated rings. The van der Waals surface area contributed by atoms with Gasteiger partial charge >= 0.3 is 5.97 Å². The maximum Gasteiger partial charge on any atom is 0.338 e. The van der Waals surface area contributed by atoms with E-state index in [1.54, 1.807) is 23.9 Å². The Bertz CT molecular complexity index is 1040. The third-order valence-electron chi connectivity index (χ3n) is 4.62. The molecular weight excluding hydrogens is 424 g/mol. The molecule has 0 saturated heterocycles. The molecule has 1 heterocycles. The van der Waals surface area contributed by atoms with Gasteiger partial charge in [0.2, 0.25) is 10.0 Å². The number of anilines is 1. The van der Waals surface area contributed by atoms with Gasteiger partial charge in [-0.05, 0) is 49.2 Å². The number of rotatable bonds is 8. The Morgan fingerprint density at radius 1 is 1.17 bits per heavy atom. The Morgan fingerprint density at radius 2 is 1.90 bits per heavy atom. The van der Waals surface area contributed by atoms with Crippen LogP contribution in [0.2, 0.25) is 0 Å². The molecule has 0 saturated carbocycles. The molecule has 0 unspecified atom stereocenters. The van der Waals surface area contributed by atoms with E-state index in [1.165, 1.54) is 15.9 Å². The number of esters is 1. The fourth-order valence-corrected chi connectivity index (χ4v) is 4.83. The number of hydrogen-bond donors (Lipinski definition) is 1. The molecule has 0 radical (unpaired) electrons. The van der Waals surface area contributed by atoms with Crippen LogP contribution in [0.5, 0.6) is 0 Å². The van der Waals surface area contributed by atoms with Crippen molar-refractivity contribution in [3.05, 3.63) is 59.2 Å². The molecule has 3 rings (SSSR count). The lowest BCUT2D eigenvalue weighted by Crippen LogP contribution is -2.30. The first kappa shape index (κ1) is 22.2. The van der Waals surface area contributed by atoms with Gasteiger partial charge in [-0.1, -0.05) is 17.7 Å². The summed E-state index contributed by atoms with van der Waals surface area (Å²) in [5.41, 5.74) is 2.85. The number of benzene rings is 2. The van der Waals surface area contributed by atoms with Crippen molar-refractivity contribution < 1.29 is 22.7 Å². The third-order valence-corrected chi connectivity index (χ3v) is 6.81. The predicted octanol–water partition coefficient (Wildman–Crippen LogP) is 2.38. The summed E-state index contributed by atoms with van der Waals surface area (Å²) in [6, 6.07) is 12.9. The second kappa shape index (κ2) is 9.53. The van der Waals surface area contributed by atoms with Crippen LogP contribution in [0.25, 0.3) is 0 Å². The van der Waals surface area contributed by atoms with E-state index in [-0.39, 0.29) is 12.5 Å². The number of carbonyl (C=O) groups is 2. The largest absolute Gasteiger partial charge is 0.452 e. The smallest absolute Gasteiger partial charge is 0.338 e. The number of sulfonamides is 1. The second-order valence-corrected chi connectivity index (χ2v) is 10.1. The van der Waals surface area contributed by atoms with Gasteiger partial charge in [0.15, 0.2) is 6.61 Å². The minimum Gasteiger partial charge on any atom is -0.452 e. The van der Waals surface area contributed by atoms with Gasteiger partial charge in [0.1, 0.15) is 0 Å². The summed E-state index contributed by atoms with van der Waals surface area (Å²) in [6.07, 6.45) is 1.69. The second-order valence-electron chi connectivity index (χ2n) is 7.02. The molecule has 30 heavy (non-hydrogen) atoms. The van der Waals surface area contributed by atoms with E-state index in [9.17, 15) is 18.0 Å². The van der Waals surface area contributed by atoms with E-state index in [1.807, 2.05) is 31.2 Å². The number of carbonyl (C=O) groups excluding carboxylic acids is 2. The van der Waals surface area contributed by atoms with E-state index in [2.05, 4.69) is 5.32 Å². The van der Waals surface area contributed by atoms with Crippen molar-refractivity contribution in [1.82, 2.24) is 5.32 Å². The molecule has 0 bridgehead atoms. The minimum absolute atomic E-state index is 0.298. The minimum atomic E-state index is -3.34. The zero-order valence-electron chi connectivity index (χ0n) is 16.9. The topological polar surface area (TPSA) is 92.8 Å². The molecule has 1 N–H and O–H groups in total. The molecule has 160 valence electrons. The Balaban J connectivity index is 1.43. The Hall–Kier alpha value is -2.52. The van der Waals surface area contributed by atoms with Gasteiger partial charge < -0.3 is 10.1 Å². The van der Waals surface area contributed by atoms with Crippen LogP contribution in [-0.4, -0.2) is 52.0 Å². The van der Waals surface area contributed by atoms with E-state index in [0.717, 1.165) is 16.7 Å². The number of nitrogens with one attached hydrogen (secondary N) is 1. The molecule has 1 amide bonds. The summed E-state index contributed by atoms with van der Waals surface area (Å²) in [5.74, 6) is -0.262. The van der Waals surface area contributed by atoms with Gasteiger partial charge in [0, 0.05) is 23.7 Å². The fraction of sp³-hybridized carbons (Fsp3) is 0.333. The summed E-state index contributed by atoms with van der Waals surface area (Å²) >= 11 is 1.64. The molecule has 0 aromatic heterocycles. The molecule has 9 heteroatoms. The number of thioether (sulfide) groups is 1. The molecule has 0 spiro atoms. The number of hydrogen-bond acceptors (Lipinski definition) is 6. The average Bonchev–Trinajstić information content (AvgIpc) is 3.14. The van der Waals surface area contributed by atoms with Crippen molar-refractivity contribution in [2.75, 3.05) is 36.0 Å². The van der Waals surface area contributed by atoms with Crippen molar-refractivity contribution in [2.24, 2.45) is 0 Å². The summed E-state index contributed by atoms with van der Waals surface area (Å²) in [5, 5.41) is 2.72. The number of amides is 1. The van der Waals surface area contributed by atoms with Crippen LogP contribution in [0, 0.1) is 6.92 Å². The Kier molecular flexibility index (Phi) is 7.04. The van der Waals surface area contributed by atoms with Crippen LogP contribution in [-0.2, 0) is 26.0 Å². The highest BCUT2D eigenvalue weighted by molar-refractivity contribution is 7.99. The van der Waals surface area contributed by atoms with Gasteiger partial charge in [0.05, 0.1) is 17.5 Å². The standard InChI is InChI=1S/C21H24N2O5S2/c1-15-3-6-18(7-4-15)29-12-10-22-20(24)14-28-21(25)17-5-8-19-16(13-17)9-11-23(19)30(2,26)27/h3-8,13H,9-12,14H2,1-2H3,(H,22,24). The van der Waals surface area contributed by atoms with Gasteiger partial charge in [-0.2, -0.15) is 0 Å². The van der Waals surface area contributed by atoms with Gasteiger partial charge in [0.25, 0.3) is 5.91 Å². The van der Waals surface area contributed by atoms with Gasteiger partial charge in [-0.15, -0.1) is 11.8 Å². The van der Waals surface area contributed by atoms with E-state index >= 15 is 0 Å². The van der Waals surface area contributed by atoms with Crippen LogP contribution in [0.15, 0.2) is 47.4 Å². The molecule has 0 atom stereocenters. The highest BCUT2D eigenvalue weighted by Gasteiger charge is 2.27. The molecular formula is C21H24N2O5S2. The highest BCUT2D eigenvalue weighted by Crippen LogP contribution is 2.30. The monoisotopic (exact) mass is 448 g/mol. The van der Waals surface area contributed by atoms with Crippen LogP contribution < -0.4 is 9.62 Å². The fourth-order valence-electron chi connectivity index (χ4n) is 3.10. The summed E-state index contributed by atoms with van der Waals surface area (Å²) in [7, 11) is -3.34. The zero-order chi connectivity index (χ0) is 21.7. The SMILES string of the molecule is Cc1ccc(SCCNC(=O)COC(=O)c2ccc3c(c2)CCN3S(C)(=O)=O)cc1.